The van der Waals surface area contributed by atoms with Crippen LogP contribution < -0.4 is 10.6 Å². The van der Waals surface area contributed by atoms with Crippen LogP contribution in [-0.2, 0) is 30.6 Å². The van der Waals surface area contributed by atoms with Crippen molar-refractivity contribution < 1.29 is 23.7 Å². The fraction of sp³-hybridized carbons (Fsp3) is 0.542. The van der Waals surface area contributed by atoms with E-state index in [-0.39, 0.29) is 12.1 Å². The topological polar surface area (TPSA) is 116 Å². The molecule has 2 amide bonds. The molecule has 184 valence electrons. The highest BCUT2D eigenvalue weighted by atomic mass is 32.2. The number of rotatable bonds is 11. The second kappa shape index (κ2) is 11.6. The molecule has 0 fully saturated rings. The standard InChI is InChI=1S/C24H37N3O5S/c1-16(22(30)31)14-15-27(7)21(29)19(24(4,5)33(8)32)26-20(28)18(25-6)23(2,3)17-12-10-9-11-13-17/h9-14,18-19,25H,15H2,1-8H3,(H,26,28)(H,30,31)/b16-14+. The number of carbonyl (C=O) groups is 3. The number of nitrogens with zero attached hydrogens (tertiary/aromatic N) is 1. The zero-order valence-electron chi connectivity index (χ0n) is 20.8. The van der Waals surface area contributed by atoms with E-state index in [2.05, 4.69) is 10.6 Å². The molecule has 0 saturated carbocycles. The maximum Gasteiger partial charge on any atom is 0.331 e. The van der Waals surface area contributed by atoms with Gasteiger partial charge in [0.05, 0.1) is 10.8 Å². The number of hydrogen-bond donors (Lipinski definition) is 3. The van der Waals surface area contributed by atoms with E-state index < -0.39 is 50.8 Å². The summed E-state index contributed by atoms with van der Waals surface area (Å²) in [4.78, 5) is 39.1. The second-order valence-corrected chi connectivity index (χ2v) is 11.2. The number of amides is 2. The number of nitrogens with one attached hydrogen (secondary N) is 2. The fourth-order valence-electron chi connectivity index (χ4n) is 3.45. The summed E-state index contributed by atoms with van der Waals surface area (Å²) in [7, 11) is 1.76. The molecule has 0 aliphatic heterocycles. The highest BCUT2D eigenvalue weighted by molar-refractivity contribution is 7.85. The average Bonchev–Trinajstić information content (AvgIpc) is 2.75. The Hall–Kier alpha value is -2.52. The fourth-order valence-corrected chi connectivity index (χ4v) is 3.94. The lowest BCUT2D eigenvalue weighted by Crippen LogP contribution is -2.63. The molecule has 1 aromatic rings. The van der Waals surface area contributed by atoms with Crippen molar-refractivity contribution in [2.24, 2.45) is 0 Å². The molecule has 3 atom stereocenters. The van der Waals surface area contributed by atoms with E-state index in [1.165, 1.54) is 31.2 Å². The average molecular weight is 480 g/mol. The first-order valence-corrected chi connectivity index (χ1v) is 12.2. The largest absolute Gasteiger partial charge is 0.478 e. The van der Waals surface area contributed by atoms with E-state index in [9.17, 15) is 18.6 Å². The molecular weight excluding hydrogens is 442 g/mol. The third-order valence-corrected chi connectivity index (χ3v) is 7.86. The summed E-state index contributed by atoms with van der Waals surface area (Å²) in [6, 6.07) is 7.83. The Morgan fingerprint density at radius 3 is 2.12 bits per heavy atom. The van der Waals surface area contributed by atoms with Gasteiger partial charge in [0.25, 0.3) is 0 Å². The Balaban J connectivity index is 3.26. The molecule has 0 aromatic heterocycles. The third-order valence-electron chi connectivity index (χ3n) is 6.14. The van der Waals surface area contributed by atoms with Gasteiger partial charge >= 0.3 is 5.97 Å². The Bertz CT molecular complexity index is 912. The van der Waals surface area contributed by atoms with Crippen molar-refractivity contribution in [3.05, 3.63) is 47.5 Å². The van der Waals surface area contributed by atoms with Crippen molar-refractivity contribution in [2.45, 2.75) is 56.9 Å². The van der Waals surface area contributed by atoms with Crippen LogP contribution in [0.15, 0.2) is 42.0 Å². The second-order valence-electron chi connectivity index (χ2n) is 9.22. The number of carboxylic acids is 1. The molecule has 0 radical (unpaired) electrons. The summed E-state index contributed by atoms with van der Waals surface area (Å²) in [6.07, 6.45) is 2.91. The Morgan fingerprint density at radius 2 is 1.67 bits per heavy atom. The van der Waals surface area contributed by atoms with Crippen LogP contribution in [0.3, 0.4) is 0 Å². The maximum atomic E-state index is 13.4. The quantitative estimate of drug-likeness (QED) is 0.416. The minimum atomic E-state index is -1.44. The first-order chi connectivity index (χ1) is 15.2. The van der Waals surface area contributed by atoms with E-state index in [1.807, 2.05) is 44.2 Å². The number of carboxylic acid groups (broad SMARTS) is 1. The molecule has 33 heavy (non-hydrogen) atoms. The van der Waals surface area contributed by atoms with Gasteiger partial charge in [0.2, 0.25) is 11.8 Å². The molecule has 3 unspecified atom stereocenters. The van der Waals surface area contributed by atoms with Gasteiger partial charge < -0.3 is 20.6 Å². The van der Waals surface area contributed by atoms with Crippen molar-refractivity contribution in [1.82, 2.24) is 15.5 Å². The van der Waals surface area contributed by atoms with Crippen LogP contribution >= 0.6 is 0 Å². The van der Waals surface area contributed by atoms with Crippen LogP contribution in [0.1, 0.15) is 40.2 Å². The monoisotopic (exact) mass is 479 g/mol. The Morgan fingerprint density at radius 1 is 1.12 bits per heavy atom. The lowest BCUT2D eigenvalue weighted by Gasteiger charge is -2.38. The molecule has 0 aliphatic rings. The van der Waals surface area contributed by atoms with Gasteiger partial charge in [-0.25, -0.2) is 4.79 Å². The lowest BCUT2D eigenvalue weighted by atomic mass is 9.77. The first-order valence-electron chi connectivity index (χ1n) is 10.7. The van der Waals surface area contributed by atoms with Gasteiger partial charge in [-0.3, -0.25) is 13.8 Å². The number of hydrogen-bond acceptors (Lipinski definition) is 5. The normalized spacial score (nSPS) is 15.3. The van der Waals surface area contributed by atoms with E-state index >= 15 is 0 Å². The molecular formula is C24H37N3O5S. The number of carbonyl (C=O) groups excluding carboxylic acids is 2. The summed E-state index contributed by atoms with van der Waals surface area (Å²) in [5, 5.41) is 14.9. The van der Waals surface area contributed by atoms with Crippen molar-refractivity contribution in [3.8, 4) is 0 Å². The van der Waals surface area contributed by atoms with Crippen LogP contribution in [0.5, 0.6) is 0 Å². The highest BCUT2D eigenvalue weighted by Gasteiger charge is 2.44. The maximum absolute atomic E-state index is 13.4. The predicted molar refractivity (Wildman–Crippen MR) is 131 cm³/mol. The number of benzene rings is 1. The Kier molecular flexibility index (Phi) is 9.99. The zero-order chi connectivity index (χ0) is 25.6. The van der Waals surface area contributed by atoms with Crippen molar-refractivity contribution in [3.63, 3.8) is 0 Å². The van der Waals surface area contributed by atoms with Crippen LogP contribution in [0.2, 0.25) is 0 Å². The first kappa shape index (κ1) is 28.5. The van der Waals surface area contributed by atoms with Gasteiger partial charge in [-0.2, -0.15) is 0 Å². The minimum absolute atomic E-state index is 0.0424. The van der Waals surface area contributed by atoms with E-state index in [1.54, 1.807) is 20.9 Å². The van der Waals surface area contributed by atoms with Crippen LogP contribution in [-0.4, -0.2) is 75.7 Å². The van der Waals surface area contributed by atoms with Crippen molar-refractivity contribution >= 4 is 28.6 Å². The van der Waals surface area contributed by atoms with Gasteiger partial charge in [-0.05, 0) is 33.4 Å². The molecule has 0 bridgehead atoms. The van der Waals surface area contributed by atoms with Gasteiger partial charge in [-0.15, -0.1) is 0 Å². The lowest BCUT2D eigenvalue weighted by molar-refractivity contribution is -0.136. The van der Waals surface area contributed by atoms with Gasteiger partial charge in [-0.1, -0.05) is 50.3 Å². The Labute approximate surface area is 199 Å². The van der Waals surface area contributed by atoms with Gasteiger partial charge in [0.1, 0.15) is 6.04 Å². The number of likely N-dealkylation sites (N-methyl/N-ethyl adjacent to an activating group) is 2. The van der Waals surface area contributed by atoms with Crippen molar-refractivity contribution in [1.29, 1.82) is 0 Å². The van der Waals surface area contributed by atoms with Crippen LogP contribution in [0.4, 0.5) is 0 Å². The molecule has 0 aliphatic carbocycles. The van der Waals surface area contributed by atoms with Crippen molar-refractivity contribution in [2.75, 3.05) is 26.9 Å². The summed E-state index contributed by atoms with van der Waals surface area (Å²) < 4.78 is 11.4. The van der Waals surface area contributed by atoms with Crippen LogP contribution in [0, 0.1) is 0 Å². The molecule has 9 heteroatoms. The van der Waals surface area contributed by atoms with E-state index in [0.29, 0.717) is 0 Å². The molecule has 0 spiro atoms. The van der Waals surface area contributed by atoms with Gasteiger partial charge in [0.15, 0.2) is 0 Å². The molecule has 3 N–H and O–H groups in total. The third kappa shape index (κ3) is 6.98. The number of aliphatic carboxylic acids is 1. The van der Waals surface area contributed by atoms with Crippen LogP contribution in [0.25, 0.3) is 0 Å². The molecule has 1 aromatic carbocycles. The predicted octanol–water partition coefficient (Wildman–Crippen LogP) is 1.68. The highest BCUT2D eigenvalue weighted by Crippen LogP contribution is 2.28. The molecule has 0 heterocycles. The van der Waals surface area contributed by atoms with Gasteiger partial charge in [0, 0.05) is 41.6 Å². The summed E-state index contributed by atoms with van der Waals surface area (Å²) >= 11 is 0. The summed E-state index contributed by atoms with van der Waals surface area (Å²) in [6.45, 7) is 8.68. The smallest absolute Gasteiger partial charge is 0.331 e. The molecule has 1 rings (SSSR count). The van der Waals surface area contributed by atoms with E-state index in [0.717, 1.165) is 5.56 Å². The summed E-state index contributed by atoms with van der Waals surface area (Å²) in [5.41, 5.74) is 0.455. The van der Waals surface area contributed by atoms with E-state index in [4.69, 9.17) is 5.11 Å². The summed E-state index contributed by atoms with van der Waals surface area (Å²) in [5.74, 6) is -1.92. The minimum Gasteiger partial charge on any atom is -0.478 e. The molecule has 8 nitrogen and oxygen atoms in total. The zero-order valence-corrected chi connectivity index (χ0v) is 21.6. The molecule has 0 saturated heterocycles. The SMILES string of the molecule is CNC(C(=O)NC(C(=O)N(C)C/C=C(\C)C(=O)O)C(C)(C)S(C)=O)C(C)(C)c1ccccc1.